The Morgan fingerprint density at radius 3 is 2.25 bits per heavy atom. The molecule has 0 aromatic carbocycles. The van der Waals surface area contributed by atoms with E-state index in [4.69, 9.17) is 20.4 Å². The minimum absolute atomic E-state index is 0.0774. The van der Waals surface area contributed by atoms with Gasteiger partial charge in [-0.1, -0.05) is 0 Å². The quantitative estimate of drug-likeness (QED) is 0.475. The van der Waals surface area contributed by atoms with Gasteiger partial charge in [0, 0.05) is 86.4 Å². The van der Waals surface area contributed by atoms with Crippen molar-refractivity contribution in [2.24, 2.45) is 5.41 Å². The number of aromatic nitrogens is 2. The van der Waals surface area contributed by atoms with Crippen molar-refractivity contribution in [1.82, 2.24) is 20.2 Å². The number of piperazine rings is 1. The molecule has 3 N–H and O–H groups in total. The van der Waals surface area contributed by atoms with E-state index in [2.05, 4.69) is 32.2 Å². The predicted molar refractivity (Wildman–Crippen MR) is 162 cm³/mol. The first-order chi connectivity index (χ1) is 21.2. The molecular weight excluding hydrogens is 584 g/mol. The van der Waals surface area contributed by atoms with Crippen LogP contribution in [0.5, 0.6) is 6.01 Å². The van der Waals surface area contributed by atoms with E-state index in [9.17, 15) is 19.3 Å². The predicted octanol–water partition coefficient (Wildman–Crippen LogP) is 3.40. The van der Waals surface area contributed by atoms with Crippen LogP contribution >= 0.6 is 11.3 Å². The first kappa shape index (κ1) is 28.2. The van der Waals surface area contributed by atoms with Crippen molar-refractivity contribution in [1.29, 1.82) is 10.5 Å². The lowest BCUT2D eigenvalue weighted by atomic mass is 9.74. The summed E-state index contributed by atoms with van der Waals surface area (Å²) in [6.45, 7) is 4.84. The summed E-state index contributed by atoms with van der Waals surface area (Å²) in [5.74, 6) is -1.35. The molecular formula is C31H37F2N9OS. The minimum Gasteiger partial charge on any atom is -0.463 e. The number of piperidine rings is 1. The second kappa shape index (κ2) is 10.1. The molecule has 6 aliphatic rings. The Kier molecular flexibility index (Phi) is 6.50. The number of hydrogen-bond donors (Lipinski definition) is 2. The van der Waals surface area contributed by atoms with Crippen LogP contribution in [0.4, 0.5) is 25.4 Å². The molecule has 2 bridgehead atoms. The fraction of sp³-hybridized carbons (Fsp3) is 0.677. The molecule has 4 aliphatic heterocycles. The van der Waals surface area contributed by atoms with Gasteiger partial charge in [0.25, 0.3) is 5.92 Å². The topological polar surface area (TPSA) is 130 Å². The summed E-state index contributed by atoms with van der Waals surface area (Å²) < 4.78 is 33.8. The van der Waals surface area contributed by atoms with Gasteiger partial charge in [-0.25, -0.2) is 8.78 Å². The van der Waals surface area contributed by atoms with Gasteiger partial charge in [0.15, 0.2) is 11.6 Å². The number of thiophene rings is 1. The van der Waals surface area contributed by atoms with Crippen LogP contribution in [0.3, 0.4) is 0 Å². The molecule has 2 aromatic heterocycles. The highest BCUT2D eigenvalue weighted by atomic mass is 32.1. The number of nitrogen functional groups attached to an aromatic ring is 1. The SMILES string of the molecule is N#Cc1c(N2CC3CC[C@@H](C2)N3)nc(OCC2(CN3CCC(F)(F)CC3)CC2)nc1N1CC2(CCc3sc(N)c(C#N)c32)C1. The summed E-state index contributed by atoms with van der Waals surface area (Å²) in [5.41, 5.74) is 8.13. The van der Waals surface area contributed by atoms with Gasteiger partial charge >= 0.3 is 6.01 Å². The van der Waals surface area contributed by atoms with Gasteiger partial charge in [-0.3, -0.25) is 0 Å². The highest BCUT2D eigenvalue weighted by molar-refractivity contribution is 7.16. The molecule has 2 aromatic rings. The lowest BCUT2D eigenvalue weighted by Gasteiger charge is -2.49. The molecule has 1 saturated carbocycles. The standard InChI is InChI=1S/C31H37F2N9OS/c32-31(33)7-9-40(10-8-31)15-29(5-6-29)18-43-28-38-26(41-13-19-1-2-20(14-41)37-19)22(12-35)27(39-28)42-16-30(17-42)4-3-23-24(30)21(11-34)25(36)44-23/h19-20,37H,1-10,13-18,36H2/t19-,20?/m0/s1. The highest BCUT2D eigenvalue weighted by Crippen LogP contribution is 2.53. The van der Waals surface area contributed by atoms with Crippen molar-refractivity contribution in [3.05, 3.63) is 21.6 Å². The third kappa shape index (κ3) is 4.75. The lowest BCUT2D eigenvalue weighted by Crippen LogP contribution is -2.59. The number of nitrogens with two attached hydrogens (primary N) is 1. The number of nitrogens with zero attached hydrogens (tertiary/aromatic N) is 7. The Hall–Kier alpha value is -3.26. The van der Waals surface area contributed by atoms with Crippen LogP contribution in [0, 0.1) is 28.1 Å². The average molecular weight is 622 g/mol. The summed E-state index contributed by atoms with van der Waals surface area (Å²) in [6.07, 6.45) is 5.87. The maximum absolute atomic E-state index is 13.7. The van der Waals surface area contributed by atoms with E-state index in [1.54, 1.807) is 0 Å². The number of fused-ring (bicyclic) bond motifs is 4. The largest absolute Gasteiger partial charge is 0.463 e. The number of alkyl halides is 2. The molecule has 8 rings (SSSR count). The molecule has 0 radical (unpaired) electrons. The highest BCUT2D eigenvalue weighted by Gasteiger charge is 2.53. The third-order valence-corrected chi connectivity index (χ3v) is 11.9. The molecule has 10 nitrogen and oxygen atoms in total. The maximum Gasteiger partial charge on any atom is 0.320 e. The normalized spacial score (nSPS) is 27.5. The van der Waals surface area contributed by atoms with Gasteiger partial charge < -0.3 is 30.5 Å². The van der Waals surface area contributed by atoms with Crippen molar-refractivity contribution < 1.29 is 13.5 Å². The van der Waals surface area contributed by atoms with Gasteiger partial charge in [-0.15, -0.1) is 11.3 Å². The van der Waals surface area contributed by atoms with E-state index in [1.807, 2.05) is 0 Å². The summed E-state index contributed by atoms with van der Waals surface area (Å²) in [5, 5.41) is 24.6. The number of rotatable bonds is 7. The summed E-state index contributed by atoms with van der Waals surface area (Å²) >= 11 is 1.53. The smallest absolute Gasteiger partial charge is 0.320 e. The average Bonchev–Trinajstić information content (AvgIpc) is 3.37. The molecule has 1 unspecified atom stereocenters. The second-order valence-corrected chi connectivity index (χ2v) is 15.1. The van der Waals surface area contributed by atoms with Gasteiger partial charge in [0.2, 0.25) is 0 Å². The molecule has 5 fully saturated rings. The number of hydrogen-bond acceptors (Lipinski definition) is 11. The van der Waals surface area contributed by atoms with Crippen LogP contribution in [0.2, 0.25) is 0 Å². The first-order valence-corrected chi connectivity index (χ1v) is 16.6. The molecule has 0 amide bonds. The zero-order valence-electron chi connectivity index (χ0n) is 24.7. The Morgan fingerprint density at radius 2 is 1.61 bits per heavy atom. The number of aryl methyl sites for hydroxylation is 1. The van der Waals surface area contributed by atoms with Crippen LogP contribution < -0.4 is 25.6 Å². The number of likely N-dealkylation sites (tertiary alicyclic amines) is 1. The molecule has 2 aliphatic carbocycles. The Labute approximate surface area is 259 Å². The number of ether oxygens (including phenoxy) is 1. The van der Waals surface area contributed by atoms with Crippen molar-refractivity contribution in [3.63, 3.8) is 0 Å². The van der Waals surface area contributed by atoms with E-state index in [0.29, 0.717) is 72.6 Å². The summed E-state index contributed by atoms with van der Waals surface area (Å²) in [6, 6.07) is 5.77. The fourth-order valence-corrected chi connectivity index (χ4v) is 9.38. The van der Waals surface area contributed by atoms with Crippen LogP contribution in [-0.2, 0) is 11.8 Å². The molecule has 4 saturated heterocycles. The zero-order chi connectivity index (χ0) is 30.3. The van der Waals surface area contributed by atoms with Gasteiger partial charge in [-0.2, -0.15) is 20.5 Å². The van der Waals surface area contributed by atoms with Crippen LogP contribution in [0.25, 0.3) is 0 Å². The van der Waals surface area contributed by atoms with Crippen LogP contribution in [-0.4, -0.2) is 85.3 Å². The lowest BCUT2D eigenvalue weighted by molar-refractivity contribution is -0.0591. The van der Waals surface area contributed by atoms with E-state index >= 15 is 0 Å². The summed E-state index contributed by atoms with van der Waals surface area (Å²) in [4.78, 5) is 17.4. The first-order valence-electron chi connectivity index (χ1n) is 15.8. The van der Waals surface area contributed by atoms with Crippen LogP contribution in [0.15, 0.2) is 0 Å². The van der Waals surface area contributed by atoms with E-state index in [-0.39, 0.29) is 29.7 Å². The number of halogens is 2. The van der Waals surface area contributed by atoms with Gasteiger partial charge in [-0.05, 0) is 44.1 Å². The van der Waals surface area contributed by atoms with Gasteiger partial charge in [0.1, 0.15) is 22.7 Å². The number of nitrogens with one attached hydrogen (secondary N) is 1. The molecule has 1 spiro atoms. The molecule has 6 heterocycles. The Morgan fingerprint density at radius 1 is 0.955 bits per heavy atom. The van der Waals surface area contributed by atoms with Crippen molar-refractivity contribution in [2.75, 3.05) is 68.0 Å². The molecule has 44 heavy (non-hydrogen) atoms. The third-order valence-electron chi connectivity index (χ3n) is 10.9. The molecule has 232 valence electrons. The number of anilines is 3. The Bertz CT molecular complexity index is 1550. The van der Waals surface area contributed by atoms with Crippen molar-refractivity contribution in [3.8, 4) is 18.1 Å². The number of nitriles is 2. The van der Waals surface area contributed by atoms with Crippen molar-refractivity contribution in [2.45, 2.75) is 74.8 Å². The molecule has 13 heteroatoms. The van der Waals surface area contributed by atoms with Crippen molar-refractivity contribution >= 4 is 28.0 Å². The molecule has 2 atom stereocenters. The zero-order valence-corrected chi connectivity index (χ0v) is 25.6. The van der Waals surface area contributed by atoms with Gasteiger partial charge in [0.05, 0.1) is 12.2 Å². The van der Waals surface area contributed by atoms with E-state index in [0.717, 1.165) is 63.7 Å². The van der Waals surface area contributed by atoms with Crippen LogP contribution in [0.1, 0.15) is 66.5 Å². The second-order valence-electron chi connectivity index (χ2n) is 14.0. The van der Waals surface area contributed by atoms with E-state index < -0.39 is 5.92 Å². The monoisotopic (exact) mass is 621 g/mol. The summed E-state index contributed by atoms with van der Waals surface area (Å²) in [7, 11) is 0. The maximum atomic E-state index is 13.7. The fourth-order valence-electron chi connectivity index (χ4n) is 8.24. The van der Waals surface area contributed by atoms with E-state index in [1.165, 1.54) is 16.2 Å². The minimum atomic E-state index is -2.56. The Balaban J connectivity index is 1.06.